The SMILES string of the molecule is COc1ccc2ccnc(NCC(N)CC(C)C)c2c1. The summed E-state index contributed by atoms with van der Waals surface area (Å²) >= 11 is 0. The molecule has 1 atom stereocenters. The first-order valence-corrected chi connectivity index (χ1v) is 7.02. The molecule has 4 nitrogen and oxygen atoms in total. The maximum Gasteiger partial charge on any atom is 0.134 e. The van der Waals surface area contributed by atoms with Crippen LogP contribution in [0.5, 0.6) is 5.75 Å². The molecule has 0 saturated carbocycles. The molecule has 1 aromatic heterocycles. The summed E-state index contributed by atoms with van der Waals surface area (Å²) < 4.78 is 5.28. The Labute approximate surface area is 120 Å². The molecule has 0 bridgehead atoms. The fourth-order valence-electron chi connectivity index (χ4n) is 2.33. The number of nitrogens with two attached hydrogens (primary N) is 1. The largest absolute Gasteiger partial charge is 0.497 e. The lowest BCUT2D eigenvalue weighted by molar-refractivity contribution is 0.415. The average Bonchev–Trinajstić information content (AvgIpc) is 2.43. The van der Waals surface area contributed by atoms with Crippen LogP contribution in [0.3, 0.4) is 0 Å². The van der Waals surface area contributed by atoms with E-state index in [4.69, 9.17) is 10.5 Å². The van der Waals surface area contributed by atoms with Crippen LogP contribution in [-0.2, 0) is 0 Å². The second-order valence-corrected chi connectivity index (χ2v) is 5.52. The first-order chi connectivity index (χ1) is 9.60. The van der Waals surface area contributed by atoms with Gasteiger partial charge in [0.25, 0.3) is 0 Å². The molecule has 2 aromatic rings. The fraction of sp³-hybridized carbons (Fsp3) is 0.438. The van der Waals surface area contributed by atoms with Gasteiger partial charge in [-0.3, -0.25) is 0 Å². The third kappa shape index (κ3) is 3.61. The van der Waals surface area contributed by atoms with Gasteiger partial charge in [-0.15, -0.1) is 0 Å². The number of hydrogen-bond acceptors (Lipinski definition) is 4. The molecule has 1 heterocycles. The second-order valence-electron chi connectivity index (χ2n) is 5.52. The molecule has 0 amide bonds. The Morgan fingerprint density at radius 1 is 1.30 bits per heavy atom. The Morgan fingerprint density at radius 3 is 2.80 bits per heavy atom. The van der Waals surface area contributed by atoms with Gasteiger partial charge in [-0.05, 0) is 35.9 Å². The summed E-state index contributed by atoms with van der Waals surface area (Å²) in [5.74, 6) is 2.30. The molecule has 0 aliphatic rings. The van der Waals surface area contributed by atoms with Gasteiger partial charge in [0, 0.05) is 24.2 Å². The lowest BCUT2D eigenvalue weighted by atomic mass is 10.0. The first kappa shape index (κ1) is 14.6. The van der Waals surface area contributed by atoms with E-state index in [0.29, 0.717) is 5.92 Å². The van der Waals surface area contributed by atoms with Crippen LogP contribution in [0.2, 0.25) is 0 Å². The smallest absolute Gasteiger partial charge is 0.134 e. The maximum atomic E-state index is 6.11. The van der Waals surface area contributed by atoms with E-state index in [0.717, 1.165) is 35.3 Å². The molecule has 1 aromatic carbocycles. The summed E-state index contributed by atoms with van der Waals surface area (Å²) in [7, 11) is 1.67. The van der Waals surface area contributed by atoms with Gasteiger partial charge in [0.05, 0.1) is 7.11 Å². The van der Waals surface area contributed by atoms with E-state index in [1.807, 2.05) is 30.5 Å². The number of anilines is 1. The van der Waals surface area contributed by atoms with Crippen molar-refractivity contribution in [2.45, 2.75) is 26.3 Å². The number of fused-ring (bicyclic) bond motifs is 1. The Kier molecular flexibility index (Phi) is 4.79. The number of pyridine rings is 1. The van der Waals surface area contributed by atoms with Gasteiger partial charge in [0.1, 0.15) is 11.6 Å². The number of rotatable bonds is 6. The molecule has 0 aliphatic carbocycles. The molecule has 0 saturated heterocycles. The molecule has 4 heteroatoms. The number of benzene rings is 1. The minimum atomic E-state index is 0.137. The Hall–Kier alpha value is -1.81. The van der Waals surface area contributed by atoms with E-state index in [1.165, 1.54) is 0 Å². The number of nitrogens with zero attached hydrogens (tertiary/aromatic N) is 1. The van der Waals surface area contributed by atoms with Gasteiger partial charge in [-0.2, -0.15) is 0 Å². The molecular formula is C16H23N3O. The van der Waals surface area contributed by atoms with Crippen molar-refractivity contribution in [1.82, 2.24) is 4.98 Å². The highest BCUT2D eigenvalue weighted by Gasteiger charge is 2.08. The zero-order valence-corrected chi connectivity index (χ0v) is 12.4. The van der Waals surface area contributed by atoms with E-state index in [2.05, 4.69) is 24.1 Å². The van der Waals surface area contributed by atoms with Crippen LogP contribution in [0.15, 0.2) is 30.5 Å². The van der Waals surface area contributed by atoms with Crippen molar-refractivity contribution < 1.29 is 4.74 Å². The summed E-state index contributed by atoms with van der Waals surface area (Å²) in [6, 6.07) is 8.12. The first-order valence-electron chi connectivity index (χ1n) is 7.02. The van der Waals surface area contributed by atoms with Crippen molar-refractivity contribution in [3.05, 3.63) is 30.5 Å². The van der Waals surface area contributed by atoms with Crippen LogP contribution < -0.4 is 15.8 Å². The molecule has 3 N–H and O–H groups in total. The third-order valence-electron chi connectivity index (χ3n) is 3.28. The summed E-state index contributed by atoms with van der Waals surface area (Å²) in [6.45, 7) is 5.09. The van der Waals surface area contributed by atoms with Crippen molar-refractivity contribution in [2.75, 3.05) is 19.0 Å². The van der Waals surface area contributed by atoms with Crippen LogP contribution >= 0.6 is 0 Å². The van der Waals surface area contributed by atoms with Gasteiger partial charge in [-0.25, -0.2) is 4.98 Å². The lowest BCUT2D eigenvalue weighted by Gasteiger charge is -2.16. The van der Waals surface area contributed by atoms with Crippen molar-refractivity contribution in [3.8, 4) is 5.75 Å². The minimum absolute atomic E-state index is 0.137. The minimum Gasteiger partial charge on any atom is -0.497 e. The normalized spacial score (nSPS) is 12.7. The predicted octanol–water partition coefficient (Wildman–Crippen LogP) is 3.03. The standard InChI is InChI=1S/C16H23N3O/c1-11(2)8-13(17)10-19-16-15-9-14(20-3)5-4-12(15)6-7-18-16/h4-7,9,11,13H,8,10,17H2,1-3H3,(H,18,19). The number of aromatic nitrogens is 1. The highest BCUT2D eigenvalue weighted by atomic mass is 16.5. The molecule has 108 valence electrons. The van der Waals surface area contributed by atoms with Crippen LogP contribution in [0.1, 0.15) is 20.3 Å². The molecule has 2 rings (SSSR count). The van der Waals surface area contributed by atoms with Crippen molar-refractivity contribution in [2.24, 2.45) is 11.7 Å². The molecule has 0 fully saturated rings. The van der Waals surface area contributed by atoms with Crippen LogP contribution in [0.25, 0.3) is 10.8 Å². The average molecular weight is 273 g/mol. The van der Waals surface area contributed by atoms with E-state index >= 15 is 0 Å². The molecule has 0 spiro atoms. The molecule has 0 aliphatic heterocycles. The summed E-state index contributed by atoms with van der Waals surface area (Å²) in [4.78, 5) is 4.41. The van der Waals surface area contributed by atoms with Gasteiger partial charge in [0.15, 0.2) is 0 Å². The molecule has 20 heavy (non-hydrogen) atoms. The lowest BCUT2D eigenvalue weighted by Crippen LogP contribution is -2.30. The summed E-state index contributed by atoms with van der Waals surface area (Å²) in [5, 5.41) is 5.55. The van der Waals surface area contributed by atoms with Crippen LogP contribution in [0.4, 0.5) is 5.82 Å². The van der Waals surface area contributed by atoms with Gasteiger partial charge < -0.3 is 15.8 Å². The number of ether oxygens (including phenoxy) is 1. The quantitative estimate of drug-likeness (QED) is 0.849. The molecular weight excluding hydrogens is 250 g/mol. The number of hydrogen-bond donors (Lipinski definition) is 2. The van der Waals surface area contributed by atoms with E-state index in [1.54, 1.807) is 7.11 Å². The number of nitrogens with one attached hydrogen (secondary N) is 1. The predicted molar refractivity (Wildman–Crippen MR) is 84.2 cm³/mol. The topological polar surface area (TPSA) is 60.2 Å². The Morgan fingerprint density at radius 2 is 2.10 bits per heavy atom. The van der Waals surface area contributed by atoms with Crippen molar-refractivity contribution >= 4 is 16.6 Å². The Bertz CT molecular complexity index is 569. The van der Waals surface area contributed by atoms with Crippen LogP contribution in [-0.4, -0.2) is 24.7 Å². The molecule has 1 unspecified atom stereocenters. The van der Waals surface area contributed by atoms with Crippen molar-refractivity contribution in [3.63, 3.8) is 0 Å². The zero-order valence-electron chi connectivity index (χ0n) is 12.4. The van der Waals surface area contributed by atoms with Crippen LogP contribution in [0, 0.1) is 5.92 Å². The highest BCUT2D eigenvalue weighted by Crippen LogP contribution is 2.25. The van der Waals surface area contributed by atoms with E-state index in [-0.39, 0.29) is 6.04 Å². The van der Waals surface area contributed by atoms with E-state index in [9.17, 15) is 0 Å². The summed E-state index contributed by atoms with van der Waals surface area (Å²) in [6.07, 6.45) is 2.81. The molecule has 0 radical (unpaired) electrons. The van der Waals surface area contributed by atoms with Gasteiger partial charge in [-0.1, -0.05) is 19.9 Å². The Balaban J connectivity index is 2.16. The highest BCUT2D eigenvalue weighted by molar-refractivity contribution is 5.92. The monoisotopic (exact) mass is 273 g/mol. The van der Waals surface area contributed by atoms with Gasteiger partial charge in [0.2, 0.25) is 0 Å². The third-order valence-corrected chi connectivity index (χ3v) is 3.28. The fourth-order valence-corrected chi connectivity index (χ4v) is 2.33. The van der Waals surface area contributed by atoms with Gasteiger partial charge >= 0.3 is 0 Å². The zero-order chi connectivity index (χ0) is 14.5. The van der Waals surface area contributed by atoms with E-state index < -0.39 is 0 Å². The summed E-state index contributed by atoms with van der Waals surface area (Å²) in [5.41, 5.74) is 6.11. The number of methoxy groups -OCH3 is 1. The second kappa shape index (κ2) is 6.57. The maximum absolute atomic E-state index is 6.11. The van der Waals surface area contributed by atoms with Crippen molar-refractivity contribution in [1.29, 1.82) is 0 Å².